The van der Waals surface area contributed by atoms with Crippen molar-refractivity contribution in [2.24, 2.45) is 5.41 Å². The summed E-state index contributed by atoms with van der Waals surface area (Å²) in [6.07, 6.45) is 0. The predicted molar refractivity (Wildman–Crippen MR) is 77.6 cm³/mol. The molecule has 0 heterocycles. The van der Waals surface area contributed by atoms with E-state index >= 15 is 0 Å². The maximum atomic E-state index is 9.93. The number of hydrogen-bond acceptors (Lipinski definition) is 3. The molecule has 104 valence electrons. The molecule has 0 rings (SSSR count). The van der Waals surface area contributed by atoms with E-state index in [-0.39, 0.29) is 11.0 Å². The summed E-state index contributed by atoms with van der Waals surface area (Å²) in [4.78, 5) is 0. The average molecular weight is 254 g/mol. The number of aliphatic hydroxyl groups is 1. The SMILES string of the molecule is CC(C)(C)C(C)(C)O[B][B]OC(C)(C)C(C)(C)O. The third-order valence-electron chi connectivity index (χ3n) is 4.06. The second-order valence-corrected chi connectivity index (χ2v) is 7.34. The van der Waals surface area contributed by atoms with Crippen LogP contribution in [0.2, 0.25) is 0 Å². The Balaban J connectivity index is 4.17. The zero-order chi connectivity index (χ0) is 14.8. The quantitative estimate of drug-likeness (QED) is 0.584. The van der Waals surface area contributed by atoms with E-state index in [4.69, 9.17) is 9.31 Å². The van der Waals surface area contributed by atoms with Gasteiger partial charge in [0.15, 0.2) is 0 Å². The van der Waals surface area contributed by atoms with Crippen molar-refractivity contribution in [2.45, 2.75) is 79.1 Å². The molecule has 0 bridgehead atoms. The summed E-state index contributed by atoms with van der Waals surface area (Å²) in [6.45, 7) is 17.6. The fourth-order valence-electron chi connectivity index (χ4n) is 0.717. The maximum Gasteiger partial charge on any atom is 0.283 e. The Morgan fingerprint density at radius 3 is 1.28 bits per heavy atom. The minimum Gasteiger partial charge on any atom is -0.442 e. The lowest BCUT2D eigenvalue weighted by Gasteiger charge is -2.40. The van der Waals surface area contributed by atoms with Crippen molar-refractivity contribution in [3.63, 3.8) is 0 Å². The molecule has 0 saturated heterocycles. The van der Waals surface area contributed by atoms with E-state index in [1.807, 2.05) is 27.7 Å². The third kappa shape index (κ3) is 4.94. The molecular weight excluding hydrogens is 226 g/mol. The molecule has 0 spiro atoms. The summed E-state index contributed by atoms with van der Waals surface area (Å²) in [5, 5.41) is 9.93. The first-order valence-electron chi connectivity index (χ1n) is 6.44. The van der Waals surface area contributed by atoms with Gasteiger partial charge in [-0.05, 0) is 47.0 Å². The van der Waals surface area contributed by atoms with Gasteiger partial charge in [0, 0.05) is 5.60 Å². The van der Waals surface area contributed by atoms with Crippen molar-refractivity contribution >= 4 is 14.7 Å². The van der Waals surface area contributed by atoms with Gasteiger partial charge < -0.3 is 14.4 Å². The Bertz CT molecular complexity index is 234. The Morgan fingerprint density at radius 2 is 1.00 bits per heavy atom. The standard InChI is InChI=1S/C13H28B2O3/c1-10(2,3)12(6,7)17-14-15-18-13(8,9)11(4,5)16/h16H,1-9H3. The fourth-order valence-corrected chi connectivity index (χ4v) is 0.717. The van der Waals surface area contributed by atoms with Gasteiger partial charge in [0.1, 0.15) is 0 Å². The highest BCUT2D eigenvalue weighted by Gasteiger charge is 2.37. The van der Waals surface area contributed by atoms with Crippen LogP contribution >= 0.6 is 0 Å². The van der Waals surface area contributed by atoms with Gasteiger partial charge >= 0.3 is 0 Å². The topological polar surface area (TPSA) is 38.7 Å². The lowest BCUT2D eigenvalue weighted by molar-refractivity contribution is -0.0894. The molecule has 0 aromatic heterocycles. The Kier molecular flexibility index (Phi) is 5.56. The summed E-state index contributed by atoms with van der Waals surface area (Å²) in [6, 6.07) is 0. The summed E-state index contributed by atoms with van der Waals surface area (Å²) >= 11 is 0. The second-order valence-electron chi connectivity index (χ2n) is 7.34. The molecule has 0 amide bonds. The molecule has 5 heteroatoms. The van der Waals surface area contributed by atoms with Gasteiger partial charge in [0.2, 0.25) is 0 Å². The minimum absolute atomic E-state index is 0.0309. The van der Waals surface area contributed by atoms with Gasteiger partial charge in [0.05, 0.1) is 11.2 Å². The Hall–Kier alpha value is 0.00987. The van der Waals surface area contributed by atoms with Gasteiger partial charge in [-0.2, -0.15) is 0 Å². The highest BCUT2D eigenvalue weighted by atomic mass is 16.5. The first-order chi connectivity index (χ1) is 7.71. The molecule has 0 aromatic rings. The monoisotopic (exact) mass is 254 g/mol. The van der Waals surface area contributed by atoms with Crippen LogP contribution in [0.1, 0.15) is 62.3 Å². The van der Waals surface area contributed by atoms with Crippen LogP contribution in [-0.2, 0) is 9.31 Å². The van der Waals surface area contributed by atoms with Crippen molar-refractivity contribution in [2.75, 3.05) is 0 Å². The lowest BCUT2D eigenvalue weighted by atomic mass is 9.62. The van der Waals surface area contributed by atoms with Crippen LogP contribution in [0.15, 0.2) is 0 Å². The molecule has 0 aliphatic rings. The van der Waals surface area contributed by atoms with Crippen LogP contribution in [-0.4, -0.2) is 36.7 Å². The fraction of sp³-hybridized carbons (Fsp3) is 1.00. The molecular formula is C13H28B2O3. The summed E-state index contributed by atoms with van der Waals surface area (Å²) in [5.41, 5.74) is -1.84. The zero-order valence-corrected chi connectivity index (χ0v) is 13.4. The maximum absolute atomic E-state index is 9.93. The van der Waals surface area contributed by atoms with Gasteiger partial charge in [-0.15, -0.1) is 0 Å². The Labute approximate surface area is 114 Å². The van der Waals surface area contributed by atoms with Gasteiger partial charge in [0.25, 0.3) is 14.7 Å². The molecule has 1 N–H and O–H groups in total. The van der Waals surface area contributed by atoms with Crippen molar-refractivity contribution < 1.29 is 14.4 Å². The van der Waals surface area contributed by atoms with E-state index in [9.17, 15) is 5.11 Å². The summed E-state index contributed by atoms with van der Waals surface area (Å²) < 4.78 is 11.3. The van der Waals surface area contributed by atoms with Crippen LogP contribution in [0, 0.1) is 5.41 Å². The molecule has 0 aliphatic carbocycles. The van der Waals surface area contributed by atoms with Crippen molar-refractivity contribution in [3.05, 3.63) is 0 Å². The predicted octanol–water partition coefficient (Wildman–Crippen LogP) is 2.55. The van der Waals surface area contributed by atoms with E-state index in [0.717, 1.165) is 0 Å². The Morgan fingerprint density at radius 1 is 0.667 bits per heavy atom. The molecule has 0 aromatic carbocycles. The van der Waals surface area contributed by atoms with E-state index in [2.05, 4.69) is 20.8 Å². The highest BCUT2D eigenvalue weighted by molar-refractivity contribution is 6.93. The smallest absolute Gasteiger partial charge is 0.283 e. The average Bonchev–Trinajstić information content (AvgIpc) is 2.08. The largest absolute Gasteiger partial charge is 0.442 e. The van der Waals surface area contributed by atoms with Gasteiger partial charge in [-0.3, -0.25) is 0 Å². The molecule has 0 atom stereocenters. The van der Waals surface area contributed by atoms with Crippen LogP contribution < -0.4 is 0 Å². The van der Waals surface area contributed by atoms with Crippen LogP contribution in [0.5, 0.6) is 0 Å². The van der Waals surface area contributed by atoms with Crippen molar-refractivity contribution in [1.82, 2.24) is 0 Å². The van der Waals surface area contributed by atoms with Gasteiger partial charge in [-0.25, -0.2) is 0 Å². The number of rotatable bonds is 6. The van der Waals surface area contributed by atoms with E-state index in [0.29, 0.717) is 0 Å². The van der Waals surface area contributed by atoms with Crippen molar-refractivity contribution in [3.8, 4) is 0 Å². The van der Waals surface area contributed by atoms with Gasteiger partial charge in [-0.1, -0.05) is 20.8 Å². The highest BCUT2D eigenvalue weighted by Crippen LogP contribution is 2.32. The van der Waals surface area contributed by atoms with Crippen molar-refractivity contribution in [1.29, 1.82) is 0 Å². The van der Waals surface area contributed by atoms with E-state index in [1.165, 1.54) is 7.37 Å². The van der Waals surface area contributed by atoms with Crippen LogP contribution in [0.3, 0.4) is 0 Å². The number of hydrogen-bond donors (Lipinski definition) is 1. The molecule has 0 fully saturated rings. The van der Waals surface area contributed by atoms with Crippen LogP contribution in [0.25, 0.3) is 0 Å². The van der Waals surface area contributed by atoms with E-state index in [1.54, 1.807) is 21.2 Å². The second kappa shape index (κ2) is 5.56. The van der Waals surface area contributed by atoms with Crippen LogP contribution in [0.4, 0.5) is 0 Å². The lowest BCUT2D eigenvalue weighted by Crippen LogP contribution is -2.49. The minimum atomic E-state index is -0.920. The molecule has 2 radical (unpaired) electrons. The molecule has 18 heavy (non-hydrogen) atoms. The first kappa shape index (κ1) is 18.0. The van der Waals surface area contributed by atoms with E-state index < -0.39 is 11.2 Å². The normalized spacial score (nSPS) is 14.6. The zero-order valence-electron chi connectivity index (χ0n) is 13.4. The summed E-state index contributed by atoms with van der Waals surface area (Å²) in [5.74, 6) is 0. The first-order valence-corrected chi connectivity index (χ1v) is 6.44. The molecule has 0 saturated carbocycles. The molecule has 3 nitrogen and oxygen atoms in total. The molecule has 0 unspecified atom stereocenters. The molecule has 0 aliphatic heterocycles. The third-order valence-corrected chi connectivity index (χ3v) is 4.06. The summed E-state index contributed by atoms with van der Waals surface area (Å²) in [7, 11) is 3.06.